The molecule has 1 aliphatic heterocycles. The van der Waals surface area contributed by atoms with E-state index in [9.17, 15) is 14.4 Å². The zero-order valence-electron chi connectivity index (χ0n) is 20.5. The first-order chi connectivity index (χ1) is 17.8. The minimum Gasteiger partial charge on any atom is -0.486 e. The summed E-state index contributed by atoms with van der Waals surface area (Å²) in [6, 6.07) is 7.20. The van der Waals surface area contributed by atoms with Gasteiger partial charge in [-0.25, -0.2) is 0 Å². The fourth-order valence-corrected chi connectivity index (χ4v) is 4.59. The third-order valence-corrected chi connectivity index (χ3v) is 6.58. The monoisotopic (exact) mass is 524 g/mol. The van der Waals surface area contributed by atoms with E-state index >= 15 is 0 Å². The van der Waals surface area contributed by atoms with Gasteiger partial charge in [-0.2, -0.15) is 4.37 Å². The number of nitrogens with one attached hydrogen (secondary N) is 1. The smallest absolute Gasteiger partial charge is 0.273 e. The molecule has 0 spiro atoms. The van der Waals surface area contributed by atoms with Crippen molar-refractivity contribution in [1.82, 2.24) is 14.7 Å². The van der Waals surface area contributed by atoms with E-state index in [4.69, 9.17) is 20.9 Å². The minimum atomic E-state index is -1.09. The lowest BCUT2D eigenvalue weighted by Crippen LogP contribution is -2.44. The molecule has 0 radical (unpaired) electrons. The number of carbonyl (C=O) groups excluding carboxylic acids is 3. The molecule has 37 heavy (non-hydrogen) atoms. The summed E-state index contributed by atoms with van der Waals surface area (Å²) in [7, 11) is 0. The van der Waals surface area contributed by atoms with E-state index in [1.807, 2.05) is 0 Å². The van der Waals surface area contributed by atoms with Gasteiger partial charge in [0.2, 0.25) is 5.91 Å². The number of nitrogens with two attached hydrogens (primary N) is 2. The summed E-state index contributed by atoms with van der Waals surface area (Å²) in [4.78, 5) is 44.8. The Morgan fingerprint density at radius 1 is 1.11 bits per heavy atom. The van der Waals surface area contributed by atoms with E-state index in [1.54, 1.807) is 42.7 Å². The second kappa shape index (κ2) is 11.2. The fraction of sp³-hybridized carbons (Fsp3) is 0.320. The molecule has 0 bridgehead atoms. The highest BCUT2D eigenvalue weighted by Crippen LogP contribution is 2.38. The molecule has 3 heterocycles. The number of primary amides is 1. The first-order valence-corrected chi connectivity index (χ1v) is 12.5. The van der Waals surface area contributed by atoms with Crippen molar-refractivity contribution in [2.45, 2.75) is 26.3 Å². The van der Waals surface area contributed by atoms with Crippen LogP contribution in [0.25, 0.3) is 0 Å². The van der Waals surface area contributed by atoms with Crippen molar-refractivity contribution in [2.75, 3.05) is 30.4 Å². The minimum absolute atomic E-state index is 0.0160. The van der Waals surface area contributed by atoms with Crippen LogP contribution in [0.4, 0.5) is 11.4 Å². The van der Waals surface area contributed by atoms with Gasteiger partial charge in [0.15, 0.2) is 17.2 Å². The predicted octanol–water partition coefficient (Wildman–Crippen LogP) is 2.54. The number of fused-ring (bicyclic) bond motifs is 1. The second-order valence-electron chi connectivity index (χ2n) is 8.80. The fourth-order valence-electron chi connectivity index (χ4n) is 3.85. The van der Waals surface area contributed by atoms with Crippen LogP contribution in [0.1, 0.15) is 52.0 Å². The van der Waals surface area contributed by atoms with E-state index in [1.165, 1.54) is 4.90 Å². The van der Waals surface area contributed by atoms with Crippen LogP contribution in [0.15, 0.2) is 42.7 Å². The SMILES string of the molecule is CC(C)CCNC(=O)[C@H](c1ccncc1)N(C(=O)c1snc(C(N)=O)c1N)c1ccc2c(c1)OCCO2. The van der Waals surface area contributed by atoms with Gasteiger partial charge >= 0.3 is 0 Å². The van der Waals surface area contributed by atoms with Crippen LogP contribution >= 0.6 is 11.5 Å². The molecule has 3 amide bonds. The van der Waals surface area contributed by atoms with Crippen LogP contribution in [-0.2, 0) is 4.79 Å². The van der Waals surface area contributed by atoms with E-state index in [-0.39, 0.29) is 16.3 Å². The number of ether oxygens (including phenoxy) is 2. The quantitative estimate of drug-likeness (QED) is 0.384. The summed E-state index contributed by atoms with van der Waals surface area (Å²) < 4.78 is 15.3. The number of nitrogens with zero attached hydrogens (tertiary/aromatic N) is 3. The number of hydrogen-bond donors (Lipinski definition) is 3. The summed E-state index contributed by atoms with van der Waals surface area (Å²) in [5.41, 5.74) is 12.0. The zero-order chi connectivity index (χ0) is 26.5. The largest absolute Gasteiger partial charge is 0.486 e. The number of rotatable bonds is 9. The summed E-state index contributed by atoms with van der Waals surface area (Å²) in [6.45, 7) is 5.29. The Morgan fingerprint density at radius 3 is 2.46 bits per heavy atom. The molecular weight excluding hydrogens is 496 g/mol. The van der Waals surface area contributed by atoms with Gasteiger partial charge in [0.05, 0.1) is 5.69 Å². The van der Waals surface area contributed by atoms with Crippen molar-refractivity contribution in [3.05, 3.63) is 58.9 Å². The number of benzene rings is 1. The average Bonchev–Trinajstić information content (AvgIpc) is 3.28. The number of nitrogen functional groups attached to an aromatic ring is 1. The standard InChI is InChI=1S/C25H28N6O5S/c1-14(2)5-10-29-24(33)21(15-6-8-28-9-7-15)31(16-3-4-17-18(13-16)36-12-11-35-17)25(34)22-19(26)20(23(27)32)30-37-22/h3-4,6-9,13-14,21H,5,10-12,26H2,1-2H3,(H2,27,32)(H,29,33)/t21-/m0/s1. The highest BCUT2D eigenvalue weighted by atomic mass is 32.1. The Kier molecular flexibility index (Phi) is 7.87. The summed E-state index contributed by atoms with van der Waals surface area (Å²) in [5.74, 6) is -0.536. The van der Waals surface area contributed by atoms with Gasteiger partial charge in [-0.05, 0) is 53.7 Å². The van der Waals surface area contributed by atoms with Crippen molar-refractivity contribution in [3.63, 3.8) is 0 Å². The van der Waals surface area contributed by atoms with Gasteiger partial charge in [0.25, 0.3) is 11.8 Å². The van der Waals surface area contributed by atoms with E-state index in [0.29, 0.717) is 48.4 Å². The summed E-state index contributed by atoms with van der Waals surface area (Å²) in [6.07, 6.45) is 3.85. The number of aromatic nitrogens is 2. The maximum Gasteiger partial charge on any atom is 0.273 e. The molecule has 0 fully saturated rings. The van der Waals surface area contributed by atoms with Gasteiger partial charge in [-0.3, -0.25) is 24.3 Å². The molecule has 194 valence electrons. The molecule has 0 unspecified atom stereocenters. The van der Waals surface area contributed by atoms with Gasteiger partial charge in [0, 0.05) is 30.7 Å². The molecule has 1 atom stereocenters. The van der Waals surface area contributed by atoms with Gasteiger partial charge in [-0.15, -0.1) is 0 Å². The molecule has 0 saturated heterocycles. The number of anilines is 2. The summed E-state index contributed by atoms with van der Waals surface area (Å²) >= 11 is 0.743. The lowest BCUT2D eigenvalue weighted by atomic mass is 10.0. The van der Waals surface area contributed by atoms with Crippen LogP contribution < -0.4 is 31.2 Å². The van der Waals surface area contributed by atoms with E-state index < -0.39 is 23.8 Å². The topological polar surface area (TPSA) is 163 Å². The number of carbonyl (C=O) groups is 3. The van der Waals surface area contributed by atoms with Crippen LogP contribution in [0, 0.1) is 5.92 Å². The average molecular weight is 525 g/mol. The van der Waals surface area contributed by atoms with Gasteiger partial charge in [0.1, 0.15) is 24.1 Å². The first-order valence-electron chi connectivity index (χ1n) is 11.7. The van der Waals surface area contributed by atoms with E-state index in [0.717, 1.165) is 18.0 Å². The zero-order valence-corrected chi connectivity index (χ0v) is 21.3. The summed E-state index contributed by atoms with van der Waals surface area (Å²) in [5, 5.41) is 2.94. The number of amides is 3. The third-order valence-electron chi connectivity index (χ3n) is 5.73. The van der Waals surface area contributed by atoms with Crippen molar-refractivity contribution in [1.29, 1.82) is 0 Å². The van der Waals surface area contributed by atoms with E-state index in [2.05, 4.69) is 28.5 Å². The Morgan fingerprint density at radius 2 is 1.81 bits per heavy atom. The van der Waals surface area contributed by atoms with Crippen molar-refractivity contribution in [2.24, 2.45) is 11.7 Å². The van der Waals surface area contributed by atoms with Crippen molar-refractivity contribution < 1.29 is 23.9 Å². The van der Waals surface area contributed by atoms with Crippen LogP contribution in [0.3, 0.4) is 0 Å². The molecular formula is C25H28N6O5S. The van der Waals surface area contributed by atoms with Crippen molar-refractivity contribution >= 4 is 40.6 Å². The molecule has 1 aliphatic rings. The number of pyridine rings is 1. The Balaban J connectivity index is 1.84. The second-order valence-corrected chi connectivity index (χ2v) is 9.57. The molecule has 1 aromatic carbocycles. The lowest BCUT2D eigenvalue weighted by molar-refractivity contribution is -0.122. The van der Waals surface area contributed by atoms with Crippen LogP contribution in [0.2, 0.25) is 0 Å². The molecule has 12 heteroatoms. The molecule has 11 nitrogen and oxygen atoms in total. The normalized spacial score (nSPS) is 13.2. The maximum absolute atomic E-state index is 14.1. The molecule has 5 N–H and O–H groups in total. The van der Waals surface area contributed by atoms with Crippen molar-refractivity contribution in [3.8, 4) is 11.5 Å². The predicted molar refractivity (Wildman–Crippen MR) is 139 cm³/mol. The molecule has 4 rings (SSSR count). The van der Waals surface area contributed by atoms with Crippen LogP contribution in [-0.4, -0.2) is 46.8 Å². The Labute approximate surface area is 217 Å². The van der Waals surface area contributed by atoms with Gasteiger partial charge in [-0.1, -0.05) is 13.8 Å². The first kappa shape index (κ1) is 25.9. The Bertz CT molecular complexity index is 1300. The molecule has 2 aromatic heterocycles. The third kappa shape index (κ3) is 5.64. The lowest BCUT2D eigenvalue weighted by Gasteiger charge is -2.32. The molecule has 0 aliphatic carbocycles. The Hall–Kier alpha value is -4.19. The maximum atomic E-state index is 14.1. The number of hydrogen-bond acceptors (Lipinski definition) is 9. The van der Waals surface area contributed by atoms with Crippen LogP contribution in [0.5, 0.6) is 11.5 Å². The highest BCUT2D eigenvalue weighted by molar-refractivity contribution is 7.09. The molecule has 3 aromatic rings. The molecule has 0 saturated carbocycles. The highest BCUT2D eigenvalue weighted by Gasteiger charge is 2.36. The van der Waals surface area contributed by atoms with Gasteiger partial charge < -0.3 is 26.3 Å².